The van der Waals surface area contributed by atoms with Gasteiger partial charge in [-0.25, -0.2) is 4.79 Å². The third-order valence-corrected chi connectivity index (χ3v) is 2.88. The number of carbonyl (C=O) groups is 1. The van der Waals surface area contributed by atoms with Crippen LogP contribution in [-0.4, -0.2) is 16.1 Å². The van der Waals surface area contributed by atoms with Crippen molar-refractivity contribution in [2.75, 3.05) is 0 Å². The highest BCUT2D eigenvalue weighted by Crippen LogP contribution is 2.24. The van der Waals surface area contributed by atoms with Crippen LogP contribution in [0.15, 0.2) is 36.7 Å². The number of H-pyrrole nitrogens is 1. The fraction of sp³-hybridized carbons (Fsp3) is 0.267. The van der Waals surface area contributed by atoms with Gasteiger partial charge in [-0.15, -0.1) is 0 Å². The fourth-order valence-corrected chi connectivity index (χ4v) is 2.07. The quantitative estimate of drug-likeness (QED) is 0.862. The molecule has 1 aromatic carbocycles. The minimum Gasteiger partial charge on any atom is -0.478 e. The van der Waals surface area contributed by atoms with E-state index in [9.17, 15) is 4.79 Å². The first kappa shape index (κ1) is 12.4. The normalized spacial score (nSPS) is 10.8. The lowest BCUT2D eigenvalue weighted by Gasteiger charge is -2.06. The summed E-state index contributed by atoms with van der Waals surface area (Å²) in [4.78, 5) is 13.9. The molecule has 0 aliphatic rings. The molecule has 2 rings (SSSR count). The van der Waals surface area contributed by atoms with Crippen molar-refractivity contribution in [3.8, 4) is 11.1 Å². The number of aromatic amines is 1. The number of aromatic nitrogens is 1. The van der Waals surface area contributed by atoms with Crippen LogP contribution in [0, 0.1) is 5.92 Å². The Bertz CT molecular complexity index is 538. The molecule has 0 bridgehead atoms. The molecule has 2 aromatic rings. The zero-order valence-electron chi connectivity index (χ0n) is 10.6. The highest BCUT2D eigenvalue weighted by atomic mass is 16.4. The number of hydrogen-bond acceptors (Lipinski definition) is 1. The summed E-state index contributed by atoms with van der Waals surface area (Å²) >= 11 is 0. The summed E-state index contributed by atoms with van der Waals surface area (Å²) in [7, 11) is 0. The first-order valence-corrected chi connectivity index (χ1v) is 6.07. The van der Waals surface area contributed by atoms with Crippen LogP contribution >= 0.6 is 0 Å². The van der Waals surface area contributed by atoms with Crippen LogP contribution < -0.4 is 0 Å². The van der Waals surface area contributed by atoms with Crippen molar-refractivity contribution in [1.29, 1.82) is 0 Å². The summed E-state index contributed by atoms with van der Waals surface area (Å²) in [6.45, 7) is 4.37. The highest BCUT2D eigenvalue weighted by molar-refractivity contribution is 5.95. The Morgan fingerprint density at radius 2 is 1.89 bits per heavy atom. The van der Waals surface area contributed by atoms with Crippen molar-refractivity contribution in [3.63, 3.8) is 0 Å². The van der Waals surface area contributed by atoms with Crippen molar-refractivity contribution >= 4 is 5.97 Å². The molecule has 0 saturated carbocycles. The molecule has 3 heteroatoms. The standard InChI is InChI=1S/C15H17NO2/c1-10(2)7-11-3-5-12(6-4-11)13-8-16-9-14(13)15(17)18/h3-6,8-10,16H,7H2,1-2H3,(H,17,18). The first-order chi connectivity index (χ1) is 8.58. The Balaban J connectivity index is 2.29. The van der Waals surface area contributed by atoms with Gasteiger partial charge in [0, 0.05) is 18.0 Å². The number of hydrogen-bond donors (Lipinski definition) is 2. The molecule has 0 saturated heterocycles. The summed E-state index contributed by atoms with van der Waals surface area (Å²) in [6.07, 6.45) is 4.28. The van der Waals surface area contributed by atoms with Gasteiger partial charge in [0.2, 0.25) is 0 Å². The van der Waals surface area contributed by atoms with E-state index in [1.165, 1.54) is 11.8 Å². The largest absolute Gasteiger partial charge is 0.478 e. The van der Waals surface area contributed by atoms with Gasteiger partial charge in [0.05, 0.1) is 5.56 Å². The van der Waals surface area contributed by atoms with E-state index < -0.39 is 5.97 Å². The van der Waals surface area contributed by atoms with E-state index in [1.807, 2.05) is 12.1 Å². The van der Waals surface area contributed by atoms with Gasteiger partial charge in [-0.1, -0.05) is 38.1 Å². The van der Waals surface area contributed by atoms with Crippen molar-refractivity contribution in [2.24, 2.45) is 5.92 Å². The summed E-state index contributed by atoms with van der Waals surface area (Å²) in [6, 6.07) is 8.09. The topological polar surface area (TPSA) is 53.1 Å². The maximum absolute atomic E-state index is 11.0. The van der Waals surface area contributed by atoms with Crippen molar-refractivity contribution < 1.29 is 9.90 Å². The molecule has 3 nitrogen and oxygen atoms in total. The Hall–Kier alpha value is -2.03. The molecule has 0 unspecified atom stereocenters. The minimum atomic E-state index is -0.905. The predicted molar refractivity (Wildman–Crippen MR) is 71.7 cm³/mol. The molecule has 1 heterocycles. The monoisotopic (exact) mass is 243 g/mol. The van der Waals surface area contributed by atoms with Gasteiger partial charge in [0.15, 0.2) is 0 Å². The summed E-state index contributed by atoms with van der Waals surface area (Å²) < 4.78 is 0. The molecule has 0 aliphatic carbocycles. The predicted octanol–water partition coefficient (Wildman–Crippen LogP) is 3.58. The molecular formula is C15H17NO2. The number of carboxylic acids is 1. The molecule has 2 N–H and O–H groups in total. The summed E-state index contributed by atoms with van der Waals surface area (Å²) in [5.41, 5.74) is 3.26. The maximum Gasteiger partial charge on any atom is 0.337 e. The van der Waals surface area contributed by atoms with Crippen molar-refractivity contribution in [2.45, 2.75) is 20.3 Å². The average Bonchev–Trinajstić information content (AvgIpc) is 2.78. The summed E-state index contributed by atoms with van der Waals surface area (Å²) in [5.74, 6) is -0.282. The van der Waals surface area contributed by atoms with Crippen LogP contribution in [0.2, 0.25) is 0 Å². The zero-order valence-corrected chi connectivity index (χ0v) is 10.6. The molecule has 0 atom stereocenters. The first-order valence-electron chi connectivity index (χ1n) is 6.07. The summed E-state index contributed by atoms with van der Waals surface area (Å²) in [5, 5.41) is 9.07. The van der Waals surface area contributed by atoms with Crippen LogP contribution in [0.1, 0.15) is 29.8 Å². The third-order valence-electron chi connectivity index (χ3n) is 2.88. The zero-order chi connectivity index (χ0) is 13.1. The van der Waals surface area contributed by atoms with E-state index in [1.54, 1.807) is 6.20 Å². The second-order valence-corrected chi connectivity index (χ2v) is 4.88. The molecule has 0 amide bonds. The van der Waals surface area contributed by atoms with E-state index >= 15 is 0 Å². The van der Waals surface area contributed by atoms with Gasteiger partial charge in [0.25, 0.3) is 0 Å². The Labute approximate surface area is 106 Å². The molecule has 0 aliphatic heterocycles. The number of benzene rings is 1. The number of carboxylic acid groups (broad SMARTS) is 1. The minimum absolute atomic E-state index is 0.312. The van der Waals surface area contributed by atoms with Crippen LogP contribution in [0.4, 0.5) is 0 Å². The van der Waals surface area contributed by atoms with Gasteiger partial charge in [-0.05, 0) is 23.5 Å². The SMILES string of the molecule is CC(C)Cc1ccc(-c2c[nH]cc2C(=O)O)cc1. The van der Waals surface area contributed by atoms with E-state index in [-0.39, 0.29) is 0 Å². The molecule has 94 valence electrons. The number of rotatable bonds is 4. The van der Waals surface area contributed by atoms with Crippen molar-refractivity contribution in [3.05, 3.63) is 47.8 Å². The lowest BCUT2D eigenvalue weighted by molar-refractivity contribution is 0.0698. The van der Waals surface area contributed by atoms with Gasteiger partial charge in [0.1, 0.15) is 0 Å². The Morgan fingerprint density at radius 1 is 1.22 bits per heavy atom. The van der Waals surface area contributed by atoms with E-state index in [0.29, 0.717) is 11.5 Å². The maximum atomic E-state index is 11.0. The van der Waals surface area contributed by atoms with E-state index in [0.717, 1.165) is 17.5 Å². The average molecular weight is 243 g/mol. The lowest BCUT2D eigenvalue weighted by atomic mass is 9.99. The van der Waals surface area contributed by atoms with Crippen molar-refractivity contribution in [1.82, 2.24) is 4.98 Å². The van der Waals surface area contributed by atoms with Gasteiger partial charge < -0.3 is 10.1 Å². The second-order valence-electron chi connectivity index (χ2n) is 4.88. The number of nitrogens with one attached hydrogen (secondary N) is 1. The van der Waals surface area contributed by atoms with Crippen LogP contribution in [-0.2, 0) is 6.42 Å². The van der Waals surface area contributed by atoms with Crippen LogP contribution in [0.25, 0.3) is 11.1 Å². The molecule has 0 fully saturated rings. The van der Waals surface area contributed by atoms with Gasteiger partial charge in [-0.3, -0.25) is 0 Å². The Morgan fingerprint density at radius 3 is 2.44 bits per heavy atom. The highest BCUT2D eigenvalue weighted by Gasteiger charge is 2.12. The number of aromatic carboxylic acids is 1. The van der Waals surface area contributed by atoms with Gasteiger partial charge >= 0.3 is 5.97 Å². The molecule has 0 radical (unpaired) electrons. The lowest BCUT2D eigenvalue weighted by Crippen LogP contribution is -1.96. The Kier molecular flexibility index (Phi) is 3.51. The van der Waals surface area contributed by atoms with E-state index in [4.69, 9.17) is 5.11 Å². The molecule has 0 spiro atoms. The fourth-order valence-electron chi connectivity index (χ4n) is 2.07. The molecule has 18 heavy (non-hydrogen) atoms. The second kappa shape index (κ2) is 5.08. The third kappa shape index (κ3) is 2.62. The van der Waals surface area contributed by atoms with Crippen LogP contribution in [0.5, 0.6) is 0 Å². The van der Waals surface area contributed by atoms with E-state index in [2.05, 4.69) is 31.0 Å². The molecular weight excluding hydrogens is 226 g/mol. The molecule has 1 aromatic heterocycles. The smallest absolute Gasteiger partial charge is 0.337 e. The van der Waals surface area contributed by atoms with Gasteiger partial charge in [-0.2, -0.15) is 0 Å². The van der Waals surface area contributed by atoms with Crippen LogP contribution in [0.3, 0.4) is 0 Å².